The zero-order valence-corrected chi connectivity index (χ0v) is 44.0. The molecule has 1 atom stereocenters. The van der Waals surface area contributed by atoms with Crippen LogP contribution in [0.3, 0.4) is 0 Å². The fourth-order valence-corrected chi connectivity index (χ4v) is 8.42. The van der Waals surface area contributed by atoms with Gasteiger partial charge < -0.3 is 14.6 Å². The van der Waals surface area contributed by atoms with E-state index in [-0.39, 0.29) is 25.2 Å². The minimum Gasteiger partial charge on any atom is -0.462 e. The van der Waals surface area contributed by atoms with Crippen LogP contribution < -0.4 is 0 Å². The Bertz CT molecular complexity index is 1130. The molecule has 1 unspecified atom stereocenters. The monoisotopic (exact) mass is 923 g/mol. The van der Waals surface area contributed by atoms with E-state index in [1.165, 1.54) is 212 Å². The topological polar surface area (TPSA) is 72.8 Å². The average Bonchev–Trinajstić information content (AvgIpc) is 3.32. The van der Waals surface area contributed by atoms with E-state index >= 15 is 0 Å². The molecule has 0 aromatic heterocycles. The molecule has 0 amide bonds. The number of aliphatic hydroxyl groups is 1. The molecule has 5 heteroatoms. The lowest BCUT2D eigenvalue weighted by Crippen LogP contribution is -2.28. The van der Waals surface area contributed by atoms with Crippen LogP contribution >= 0.6 is 0 Å². The van der Waals surface area contributed by atoms with Gasteiger partial charge in [-0.05, 0) is 83.5 Å². The molecule has 5 nitrogen and oxygen atoms in total. The number of esters is 2. The lowest BCUT2D eigenvalue weighted by Gasteiger charge is -2.15. The van der Waals surface area contributed by atoms with Crippen molar-refractivity contribution in [3.8, 4) is 0 Å². The molecule has 0 heterocycles. The first kappa shape index (κ1) is 63.6. The maximum absolute atomic E-state index is 12.3. The van der Waals surface area contributed by atoms with Gasteiger partial charge in [0.05, 0.1) is 6.61 Å². The molecule has 0 aromatic carbocycles. The van der Waals surface area contributed by atoms with E-state index in [2.05, 4.69) is 74.6 Å². The Kier molecular flexibility index (Phi) is 54.9. The molecule has 66 heavy (non-hydrogen) atoms. The second-order valence-corrected chi connectivity index (χ2v) is 19.4. The highest BCUT2D eigenvalue weighted by Gasteiger charge is 2.16. The number of carbonyl (C=O) groups is 2. The molecule has 0 rings (SSSR count). The molecule has 0 saturated heterocycles. The van der Waals surface area contributed by atoms with Crippen LogP contribution in [-0.2, 0) is 19.1 Å². The number of hydrogen-bond donors (Lipinski definition) is 1. The molecule has 0 radical (unpaired) electrons. The normalized spacial score (nSPS) is 12.6. The zero-order valence-electron chi connectivity index (χ0n) is 44.0. The van der Waals surface area contributed by atoms with Gasteiger partial charge in [-0.25, -0.2) is 0 Å². The Labute approximate surface area is 411 Å². The highest BCUT2D eigenvalue weighted by atomic mass is 16.6. The first-order valence-electron chi connectivity index (χ1n) is 28.8. The van der Waals surface area contributed by atoms with Gasteiger partial charge in [0.1, 0.15) is 6.61 Å². The quantitative estimate of drug-likeness (QED) is 0.0374. The van der Waals surface area contributed by atoms with E-state index < -0.39 is 6.10 Å². The van der Waals surface area contributed by atoms with Gasteiger partial charge in [-0.3, -0.25) is 9.59 Å². The van der Waals surface area contributed by atoms with Crippen LogP contribution in [0.15, 0.2) is 60.8 Å². The van der Waals surface area contributed by atoms with E-state index in [4.69, 9.17) is 9.47 Å². The number of aliphatic hydroxyl groups excluding tert-OH is 1. The molecule has 0 aliphatic rings. The molecule has 0 saturated carbocycles. The van der Waals surface area contributed by atoms with E-state index in [0.717, 1.165) is 57.8 Å². The molecule has 0 bridgehead atoms. The maximum atomic E-state index is 12.3. The molecular weight excluding hydrogens is 813 g/mol. The third-order valence-corrected chi connectivity index (χ3v) is 12.8. The predicted octanol–water partition coefficient (Wildman–Crippen LogP) is 19.4. The summed E-state index contributed by atoms with van der Waals surface area (Å²) in [5.41, 5.74) is 0. The summed E-state index contributed by atoms with van der Waals surface area (Å²) in [4.78, 5) is 24.5. The van der Waals surface area contributed by atoms with Crippen molar-refractivity contribution in [2.45, 2.75) is 302 Å². The molecule has 1 N–H and O–H groups in total. The zero-order chi connectivity index (χ0) is 47.7. The number of ether oxygens (including phenoxy) is 2. The van der Waals surface area contributed by atoms with E-state index in [9.17, 15) is 14.7 Å². The Hall–Kier alpha value is -2.40. The average molecular weight is 924 g/mol. The van der Waals surface area contributed by atoms with Gasteiger partial charge in [0.25, 0.3) is 0 Å². The van der Waals surface area contributed by atoms with Gasteiger partial charge in [0, 0.05) is 12.8 Å². The third-order valence-electron chi connectivity index (χ3n) is 12.8. The number of rotatable bonds is 53. The molecule has 0 aliphatic carbocycles. The fraction of sp³-hybridized carbons (Fsp3) is 0.803. The lowest BCUT2D eigenvalue weighted by molar-refractivity contribution is -0.161. The van der Waals surface area contributed by atoms with Crippen molar-refractivity contribution >= 4 is 11.9 Å². The van der Waals surface area contributed by atoms with Gasteiger partial charge in [-0.1, -0.05) is 261 Å². The summed E-state index contributed by atoms with van der Waals surface area (Å²) in [5.74, 6) is -0.584. The van der Waals surface area contributed by atoms with Crippen molar-refractivity contribution in [1.29, 1.82) is 0 Å². The number of hydrogen-bond acceptors (Lipinski definition) is 5. The Morgan fingerprint density at radius 3 is 0.909 bits per heavy atom. The SMILES string of the molecule is CCCCCCC/C=C\C/C=C\C/C=C\CCCCCCCCCCCCCCCCC(=O)OC(CO)COC(=O)CCCCCCCCCCCCC/C=C\C/C=C\CCCCCCC. The lowest BCUT2D eigenvalue weighted by atomic mass is 10.0. The number of allylic oxidation sites excluding steroid dienone is 10. The molecule has 0 aliphatic heterocycles. The highest BCUT2D eigenvalue weighted by molar-refractivity contribution is 5.70. The molecular formula is C61H110O5. The molecule has 384 valence electrons. The number of unbranched alkanes of at least 4 members (excludes halogenated alkanes) is 35. The standard InChI is InChI=1S/C61H110O5/c1-3-5-7-9-11-13-15-17-19-21-23-25-27-28-29-30-31-32-34-36-38-40-42-44-46-48-50-52-54-56-61(64)66-59(57-62)58-65-60(63)55-53-51-49-47-45-43-41-39-37-35-33-26-24-22-20-18-16-14-12-10-8-6-4-2/h15-18,21-24,27-28,59,62H,3-14,19-20,25-26,29-58H2,1-2H3/b17-15-,18-16-,23-21-,24-22-,28-27-. The third kappa shape index (κ3) is 54.2. The van der Waals surface area contributed by atoms with Crippen LogP contribution in [0.25, 0.3) is 0 Å². The minimum atomic E-state index is -0.775. The van der Waals surface area contributed by atoms with Crippen LogP contribution in [-0.4, -0.2) is 36.4 Å². The second-order valence-electron chi connectivity index (χ2n) is 19.4. The Morgan fingerprint density at radius 2 is 0.606 bits per heavy atom. The van der Waals surface area contributed by atoms with Crippen LogP contribution in [0.4, 0.5) is 0 Å². The summed E-state index contributed by atoms with van der Waals surface area (Å²) in [5, 5.41) is 9.66. The first-order chi connectivity index (χ1) is 32.6. The molecule has 0 aromatic rings. The number of carbonyl (C=O) groups excluding carboxylic acids is 2. The maximum Gasteiger partial charge on any atom is 0.306 e. The highest BCUT2D eigenvalue weighted by Crippen LogP contribution is 2.16. The summed E-state index contributed by atoms with van der Waals surface area (Å²) in [6.45, 7) is 4.15. The van der Waals surface area contributed by atoms with Crippen molar-refractivity contribution in [2.75, 3.05) is 13.2 Å². The van der Waals surface area contributed by atoms with Gasteiger partial charge in [0.15, 0.2) is 6.10 Å². The largest absolute Gasteiger partial charge is 0.462 e. The van der Waals surface area contributed by atoms with Gasteiger partial charge in [0.2, 0.25) is 0 Å². The van der Waals surface area contributed by atoms with E-state index in [1.54, 1.807) is 0 Å². The van der Waals surface area contributed by atoms with Crippen molar-refractivity contribution < 1.29 is 24.2 Å². The Balaban J connectivity index is 3.48. The van der Waals surface area contributed by atoms with Crippen LogP contribution in [0, 0.1) is 0 Å². The van der Waals surface area contributed by atoms with Gasteiger partial charge >= 0.3 is 11.9 Å². The first-order valence-corrected chi connectivity index (χ1v) is 28.8. The van der Waals surface area contributed by atoms with Crippen LogP contribution in [0.1, 0.15) is 296 Å². The summed E-state index contributed by atoms with van der Waals surface area (Å²) >= 11 is 0. The summed E-state index contributed by atoms with van der Waals surface area (Å²) in [6, 6.07) is 0. The summed E-state index contributed by atoms with van der Waals surface area (Å²) in [7, 11) is 0. The van der Waals surface area contributed by atoms with Crippen molar-refractivity contribution in [3.63, 3.8) is 0 Å². The van der Waals surface area contributed by atoms with Crippen molar-refractivity contribution in [1.82, 2.24) is 0 Å². The fourth-order valence-electron chi connectivity index (χ4n) is 8.42. The van der Waals surface area contributed by atoms with Gasteiger partial charge in [-0.2, -0.15) is 0 Å². The van der Waals surface area contributed by atoms with Crippen LogP contribution in [0.5, 0.6) is 0 Å². The van der Waals surface area contributed by atoms with E-state index in [1.807, 2.05) is 0 Å². The minimum absolute atomic E-state index is 0.0664. The molecule has 0 fully saturated rings. The van der Waals surface area contributed by atoms with Crippen molar-refractivity contribution in [3.05, 3.63) is 60.8 Å². The Morgan fingerprint density at radius 1 is 0.348 bits per heavy atom. The smallest absolute Gasteiger partial charge is 0.306 e. The summed E-state index contributed by atoms with van der Waals surface area (Å²) < 4.78 is 10.7. The van der Waals surface area contributed by atoms with Crippen molar-refractivity contribution in [2.24, 2.45) is 0 Å². The predicted molar refractivity (Wildman–Crippen MR) is 288 cm³/mol. The van der Waals surface area contributed by atoms with E-state index in [0.29, 0.717) is 12.8 Å². The summed E-state index contributed by atoms with van der Waals surface area (Å²) in [6.07, 6.45) is 76.2. The molecule has 0 spiro atoms. The van der Waals surface area contributed by atoms with Gasteiger partial charge in [-0.15, -0.1) is 0 Å². The second kappa shape index (κ2) is 56.9. The van der Waals surface area contributed by atoms with Crippen LogP contribution in [0.2, 0.25) is 0 Å².